The van der Waals surface area contributed by atoms with Crippen molar-refractivity contribution >= 4 is 23.7 Å². The summed E-state index contributed by atoms with van der Waals surface area (Å²) >= 11 is 0. The van der Waals surface area contributed by atoms with E-state index in [-0.39, 0.29) is 64.7 Å². The molecule has 0 aliphatic rings. The summed E-state index contributed by atoms with van der Waals surface area (Å²) in [5.74, 6) is -0.735. The van der Waals surface area contributed by atoms with Gasteiger partial charge in [0.1, 0.15) is 25.1 Å². The average molecular weight is 504 g/mol. The molecule has 164 valence electrons. The smallest absolute Gasteiger partial charge is 0.780 e. The first-order valence-electron chi connectivity index (χ1n) is 8.22. The second kappa shape index (κ2) is 13.2. The molecule has 0 heterocycles. The van der Waals surface area contributed by atoms with E-state index in [9.17, 15) is 27.9 Å². The average Bonchev–Trinajstić information content (AvgIpc) is 2.66. The van der Waals surface area contributed by atoms with Crippen molar-refractivity contribution in [2.75, 3.05) is 21.3 Å². The molecule has 0 saturated heterocycles. The molecule has 0 saturated carbocycles. The number of benzene rings is 2. The van der Waals surface area contributed by atoms with Crippen LogP contribution in [0.15, 0.2) is 35.7 Å². The number of hydrogen-bond acceptors (Lipinski definition) is 10. The van der Waals surface area contributed by atoms with Crippen LogP contribution in [0, 0.1) is 0 Å². The van der Waals surface area contributed by atoms with Crippen LogP contribution < -0.4 is 87.6 Å². The zero-order valence-electron chi connectivity index (χ0n) is 18.2. The van der Waals surface area contributed by atoms with Gasteiger partial charge in [0.15, 0.2) is 21.3 Å². The van der Waals surface area contributed by atoms with Crippen molar-refractivity contribution in [1.82, 2.24) is 0 Å². The molecule has 14 heteroatoms. The van der Waals surface area contributed by atoms with E-state index in [1.165, 1.54) is 33.5 Å². The molecule has 2 aromatic carbocycles. The fourth-order valence-electron chi connectivity index (χ4n) is 2.49. The van der Waals surface area contributed by atoms with Crippen LogP contribution in [0.3, 0.4) is 0 Å². The van der Waals surface area contributed by atoms with Crippen LogP contribution in [0.25, 0.3) is 6.08 Å². The first-order valence-corrected chi connectivity index (χ1v) is 11.4. The molecular weight excluding hydrogens is 485 g/mol. The Morgan fingerprint density at radius 3 is 2.00 bits per heavy atom. The molecule has 10 nitrogen and oxygen atoms in total. The van der Waals surface area contributed by atoms with Crippen molar-refractivity contribution in [3.05, 3.63) is 46.9 Å². The largest absolute Gasteiger partial charge is 1.00 e. The van der Waals surface area contributed by atoms with E-state index in [0.29, 0.717) is 22.8 Å². The molecule has 0 unspecified atom stereocenters. The molecule has 0 spiro atoms. The maximum atomic E-state index is 12.5. The summed E-state index contributed by atoms with van der Waals surface area (Å²) in [5.41, 5.74) is 0.451. The minimum atomic E-state index is -5.42. The number of phosphoric ester groups is 1. The second-order valence-corrected chi connectivity index (χ2v) is 8.86. The van der Waals surface area contributed by atoms with E-state index in [0.717, 1.165) is 17.5 Å². The maximum Gasteiger partial charge on any atom is 1.00 e. The number of aromatic hydroxyl groups is 1. The van der Waals surface area contributed by atoms with Gasteiger partial charge in [-0.1, -0.05) is 6.07 Å². The number of phenols is 1. The van der Waals surface area contributed by atoms with Crippen molar-refractivity contribution in [3.63, 3.8) is 0 Å². The zero-order valence-corrected chi connectivity index (χ0v) is 23.9. The fourth-order valence-corrected chi connectivity index (χ4v) is 3.96. The number of hydrogen-bond donors (Lipinski definition) is 1. The van der Waals surface area contributed by atoms with E-state index in [2.05, 4.69) is 4.52 Å². The normalized spacial score (nSPS) is 11.3. The van der Waals surface area contributed by atoms with Gasteiger partial charge in [0, 0.05) is 17.5 Å². The zero-order chi connectivity index (χ0) is 22.5. The third-order valence-electron chi connectivity index (χ3n) is 3.80. The predicted molar refractivity (Wildman–Crippen MR) is 104 cm³/mol. The minimum Gasteiger partial charge on any atom is -0.780 e. The summed E-state index contributed by atoms with van der Waals surface area (Å²) < 4.78 is 55.5. The molecule has 0 bridgehead atoms. The van der Waals surface area contributed by atoms with Gasteiger partial charge in [0.2, 0.25) is 0 Å². The summed E-state index contributed by atoms with van der Waals surface area (Å²) in [5, 5.41) is 10.5. The molecule has 0 aliphatic heterocycles. The van der Waals surface area contributed by atoms with Gasteiger partial charge in [-0.05, 0) is 23.8 Å². The number of rotatable bonds is 9. The van der Waals surface area contributed by atoms with Crippen LogP contribution in [0.5, 0.6) is 28.7 Å². The molecule has 0 atom stereocenters. The Kier molecular flexibility index (Phi) is 12.9. The number of ether oxygens (including phenoxy) is 3. The summed E-state index contributed by atoms with van der Waals surface area (Å²) in [6.07, 6.45) is 1.29. The second-order valence-electron chi connectivity index (χ2n) is 5.90. The van der Waals surface area contributed by atoms with Crippen LogP contribution in [0.4, 0.5) is 0 Å². The Hall–Kier alpha value is -0.720. The van der Waals surface area contributed by atoms with Crippen LogP contribution >= 0.6 is 7.82 Å². The molecule has 2 aromatic rings. The molecular formula is C18H19Na2O10PS. The van der Waals surface area contributed by atoms with Gasteiger partial charge in [-0.25, -0.2) is 8.42 Å². The molecule has 2 rings (SSSR count). The number of phosphoric acid groups is 1. The number of phenolic OH excluding ortho intramolecular Hbond substituents is 1. The molecule has 0 aromatic heterocycles. The van der Waals surface area contributed by atoms with Gasteiger partial charge < -0.3 is 38.2 Å². The van der Waals surface area contributed by atoms with Crippen molar-refractivity contribution < 1.29 is 106 Å². The van der Waals surface area contributed by atoms with E-state index in [1.807, 2.05) is 0 Å². The SMILES string of the molecule is COc1cc(OC)c(/C=C/S(=O)(=O)Cc2ccc(O)c(OP(=O)([O-])[O-])c2)c(OC)c1.[Na+].[Na+]. The van der Waals surface area contributed by atoms with Crippen molar-refractivity contribution in [3.8, 4) is 28.7 Å². The Balaban J connectivity index is 0.00000480. The fraction of sp³-hybridized carbons (Fsp3) is 0.222. The first-order chi connectivity index (χ1) is 14.0. The molecule has 0 aliphatic carbocycles. The van der Waals surface area contributed by atoms with Crippen molar-refractivity contribution in [2.24, 2.45) is 0 Å². The van der Waals surface area contributed by atoms with E-state index in [4.69, 9.17) is 14.2 Å². The molecule has 0 fully saturated rings. The summed E-state index contributed by atoms with van der Waals surface area (Å²) in [6.45, 7) is 0. The monoisotopic (exact) mass is 504 g/mol. The topological polar surface area (TPSA) is 154 Å². The maximum absolute atomic E-state index is 12.5. The van der Waals surface area contributed by atoms with E-state index >= 15 is 0 Å². The summed E-state index contributed by atoms with van der Waals surface area (Å²) in [6, 6.07) is 6.35. The van der Waals surface area contributed by atoms with E-state index < -0.39 is 34.9 Å². The first kappa shape index (κ1) is 31.3. The van der Waals surface area contributed by atoms with Gasteiger partial charge in [-0.15, -0.1) is 0 Å². The standard InChI is InChI=1S/C18H21O10PS.2Na/c1-25-13-9-16(26-2)14(17(10-13)27-3)6-7-30(23,24)11-12-4-5-15(19)18(8-12)28-29(20,21)22;;/h4-10,19H,11H2,1-3H3,(H2,20,21,22);;/q;2*+1/p-2/b7-6+;;. The minimum absolute atomic E-state index is 0. The Morgan fingerprint density at radius 2 is 1.53 bits per heavy atom. The van der Waals surface area contributed by atoms with Crippen LogP contribution in [0.1, 0.15) is 11.1 Å². The Labute approximate surface area is 230 Å². The van der Waals surface area contributed by atoms with E-state index in [1.54, 1.807) is 12.1 Å². The third kappa shape index (κ3) is 9.26. The predicted octanol–water partition coefficient (Wildman–Crippen LogP) is -4.78. The van der Waals surface area contributed by atoms with Gasteiger partial charge in [0.25, 0.3) is 0 Å². The Morgan fingerprint density at radius 1 is 0.969 bits per heavy atom. The quantitative estimate of drug-likeness (QED) is 0.260. The van der Waals surface area contributed by atoms with Gasteiger partial charge >= 0.3 is 59.1 Å². The Bertz CT molecular complexity index is 1070. The van der Waals surface area contributed by atoms with Gasteiger partial charge in [-0.3, -0.25) is 0 Å². The number of methoxy groups -OCH3 is 3. The van der Waals surface area contributed by atoms with Crippen molar-refractivity contribution in [1.29, 1.82) is 0 Å². The molecule has 1 N–H and O–H groups in total. The molecule has 0 radical (unpaired) electrons. The molecule has 0 amide bonds. The third-order valence-corrected chi connectivity index (χ3v) is 5.50. The summed E-state index contributed by atoms with van der Waals surface area (Å²) in [7, 11) is -5.01. The van der Waals surface area contributed by atoms with Crippen molar-refractivity contribution in [2.45, 2.75) is 5.75 Å². The van der Waals surface area contributed by atoms with Gasteiger partial charge in [-0.2, -0.15) is 0 Å². The van der Waals surface area contributed by atoms with Crippen LogP contribution in [0.2, 0.25) is 0 Å². The number of sulfone groups is 1. The summed E-state index contributed by atoms with van der Waals surface area (Å²) in [4.78, 5) is 21.5. The van der Waals surface area contributed by atoms with Gasteiger partial charge in [0.05, 0.1) is 32.6 Å². The molecule has 32 heavy (non-hydrogen) atoms. The van der Waals surface area contributed by atoms with Crippen LogP contribution in [-0.4, -0.2) is 34.9 Å². The van der Waals surface area contributed by atoms with Crippen LogP contribution in [-0.2, 0) is 20.2 Å².